The largest absolute Gasteiger partial charge is 0.489 e. The lowest BCUT2D eigenvalue weighted by Gasteiger charge is -2.24. The maximum atomic E-state index is 13.8. The molecule has 3 rings (SSSR count). The smallest absolute Gasteiger partial charge is 0.131 e. The van der Waals surface area contributed by atoms with Gasteiger partial charge in [0.2, 0.25) is 0 Å². The molecule has 0 radical (unpaired) electrons. The van der Waals surface area contributed by atoms with E-state index in [4.69, 9.17) is 10.00 Å². The van der Waals surface area contributed by atoms with E-state index in [2.05, 4.69) is 18.3 Å². The first-order chi connectivity index (χ1) is 10.7. The quantitative estimate of drug-likeness (QED) is 0.943. The average Bonchev–Trinajstić information content (AvgIpc) is 2.54. The van der Waals surface area contributed by atoms with Crippen molar-refractivity contribution in [2.45, 2.75) is 26.0 Å². The van der Waals surface area contributed by atoms with E-state index in [-0.39, 0.29) is 6.61 Å². The summed E-state index contributed by atoms with van der Waals surface area (Å²) in [5.41, 5.74) is 3.34. The van der Waals surface area contributed by atoms with Gasteiger partial charge in [-0.25, -0.2) is 4.39 Å². The third-order valence-corrected chi connectivity index (χ3v) is 4.01. The van der Waals surface area contributed by atoms with E-state index in [0.29, 0.717) is 17.2 Å². The maximum Gasteiger partial charge on any atom is 0.131 e. The van der Waals surface area contributed by atoms with Crippen molar-refractivity contribution in [3.63, 3.8) is 0 Å². The van der Waals surface area contributed by atoms with E-state index >= 15 is 0 Å². The zero-order valence-electron chi connectivity index (χ0n) is 12.4. The van der Waals surface area contributed by atoms with Crippen LogP contribution in [-0.4, -0.2) is 6.54 Å². The molecule has 1 atom stereocenters. The third-order valence-electron chi connectivity index (χ3n) is 4.01. The summed E-state index contributed by atoms with van der Waals surface area (Å²) in [5.74, 6) is 0.324. The van der Waals surface area contributed by atoms with Crippen LogP contribution in [0, 0.1) is 17.1 Å². The number of fused-ring (bicyclic) bond motifs is 1. The van der Waals surface area contributed by atoms with Crippen LogP contribution in [0.15, 0.2) is 36.4 Å². The summed E-state index contributed by atoms with van der Waals surface area (Å²) in [7, 11) is 0. The van der Waals surface area contributed by atoms with Crippen LogP contribution in [0.5, 0.6) is 5.75 Å². The number of halogens is 1. The molecule has 1 aliphatic rings. The topological polar surface area (TPSA) is 45.0 Å². The second-order valence-electron chi connectivity index (χ2n) is 5.49. The molecule has 0 spiro atoms. The Balaban J connectivity index is 1.74. The summed E-state index contributed by atoms with van der Waals surface area (Å²) >= 11 is 0. The summed E-state index contributed by atoms with van der Waals surface area (Å²) in [4.78, 5) is 0. The number of ether oxygens (including phenoxy) is 1. The van der Waals surface area contributed by atoms with Crippen LogP contribution in [0.4, 0.5) is 4.39 Å². The van der Waals surface area contributed by atoms with Gasteiger partial charge in [0.25, 0.3) is 0 Å². The van der Waals surface area contributed by atoms with E-state index in [9.17, 15) is 4.39 Å². The van der Waals surface area contributed by atoms with Crippen molar-refractivity contribution in [2.75, 3.05) is 6.54 Å². The van der Waals surface area contributed by atoms with Gasteiger partial charge in [-0.05, 0) is 55.3 Å². The van der Waals surface area contributed by atoms with E-state index in [1.807, 2.05) is 18.2 Å². The van der Waals surface area contributed by atoms with Crippen molar-refractivity contribution in [3.05, 3.63) is 64.5 Å². The fourth-order valence-corrected chi connectivity index (χ4v) is 2.72. The second-order valence-corrected chi connectivity index (χ2v) is 5.49. The SMILES string of the molecule is CC1NCCc2ccc(OCc3ccc(C#N)cc3F)cc21. The van der Waals surface area contributed by atoms with Gasteiger partial charge in [-0.2, -0.15) is 5.26 Å². The van der Waals surface area contributed by atoms with Gasteiger partial charge < -0.3 is 10.1 Å². The predicted octanol–water partition coefficient (Wildman–Crippen LogP) is 3.48. The summed E-state index contributed by atoms with van der Waals surface area (Å²) in [6, 6.07) is 12.7. The Labute approximate surface area is 129 Å². The van der Waals surface area contributed by atoms with Crippen LogP contribution in [0.3, 0.4) is 0 Å². The lowest BCUT2D eigenvalue weighted by molar-refractivity contribution is 0.299. The molecule has 0 aromatic heterocycles. The van der Waals surface area contributed by atoms with Gasteiger partial charge in [0, 0.05) is 11.6 Å². The standard InChI is InChI=1S/C18H17FN2O/c1-12-17-9-16(5-4-14(17)6-7-21-12)22-11-15-3-2-13(10-20)8-18(15)19/h2-5,8-9,12,21H,6-7,11H2,1H3. The highest BCUT2D eigenvalue weighted by molar-refractivity contribution is 5.39. The molecule has 0 bridgehead atoms. The fourth-order valence-electron chi connectivity index (χ4n) is 2.72. The Bertz CT molecular complexity index is 736. The van der Waals surface area contributed by atoms with Gasteiger partial charge in [0.15, 0.2) is 0 Å². The molecule has 1 N–H and O–H groups in total. The number of nitriles is 1. The molecule has 0 saturated carbocycles. The summed E-state index contributed by atoms with van der Waals surface area (Å²) < 4.78 is 19.5. The highest BCUT2D eigenvalue weighted by Gasteiger charge is 2.16. The minimum atomic E-state index is -0.410. The molecule has 0 saturated heterocycles. The number of hydrogen-bond acceptors (Lipinski definition) is 3. The first-order valence-electron chi connectivity index (χ1n) is 7.35. The van der Waals surface area contributed by atoms with Gasteiger partial charge in [-0.1, -0.05) is 12.1 Å². The Kier molecular flexibility index (Phi) is 4.08. The van der Waals surface area contributed by atoms with E-state index in [1.54, 1.807) is 12.1 Å². The van der Waals surface area contributed by atoms with Crippen molar-refractivity contribution < 1.29 is 9.13 Å². The molecule has 22 heavy (non-hydrogen) atoms. The minimum absolute atomic E-state index is 0.151. The highest BCUT2D eigenvalue weighted by Crippen LogP contribution is 2.27. The molecule has 2 aromatic rings. The molecule has 1 aliphatic heterocycles. The monoisotopic (exact) mass is 296 g/mol. The number of nitrogens with one attached hydrogen (secondary N) is 1. The van der Waals surface area contributed by atoms with Crippen LogP contribution >= 0.6 is 0 Å². The molecule has 2 aromatic carbocycles. The first kappa shape index (κ1) is 14.6. The third kappa shape index (κ3) is 2.95. The molecule has 112 valence electrons. The van der Waals surface area contributed by atoms with Crippen molar-refractivity contribution in [3.8, 4) is 11.8 Å². The lowest BCUT2D eigenvalue weighted by atomic mass is 9.95. The van der Waals surface area contributed by atoms with Crippen LogP contribution in [0.1, 0.15) is 35.2 Å². The van der Waals surface area contributed by atoms with Gasteiger partial charge >= 0.3 is 0 Å². The Morgan fingerprint density at radius 1 is 1.32 bits per heavy atom. The normalized spacial score (nSPS) is 16.7. The van der Waals surface area contributed by atoms with Crippen LogP contribution in [0.2, 0.25) is 0 Å². The molecule has 4 heteroatoms. The molecular weight excluding hydrogens is 279 g/mol. The van der Waals surface area contributed by atoms with Gasteiger partial charge in [-0.15, -0.1) is 0 Å². The molecule has 0 amide bonds. The Morgan fingerprint density at radius 2 is 2.18 bits per heavy atom. The summed E-state index contributed by atoms with van der Waals surface area (Å²) in [6.07, 6.45) is 1.02. The lowest BCUT2D eigenvalue weighted by Crippen LogP contribution is -2.27. The van der Waals surface area contributed by atoms with Crippen molar-refractivity contribution in [2.24, 2.45) is 0 Å². The van der Waals surface area contributed by atoms with Gasteiger partial charge in [0.05, 0.1) is 11.6 Å². The van der Waals surface area contributed by atoms with Crippen LogP contribution in [-0.2, 0) is 13.0 Å². The molecule has 0 aliphatic carbocycles. The van der Waals surface area contributed by atoms with Crippen molar-refractivity contribution in [1.82, 2.24) is 5.32 Å². The molecular formula is C18H17FN2O. The first-order valence-corrected chi connectivity index (χ1v) is 7.35. The molecule has 1 unspecified atom stereocenters. The van der Waals surface area contributed by atoms with E-state index in [0.717, 1.165) is 18.7 Å². The Hall–Kier alpha value is -2.38. The van der Waals surface area contributed by atoms with Crippen molar-refractivity contribution in [1.29, 1.82) is 5.26 Å². The minimum Gasteiger partial charge on any atom is -0.489 e. The summed E-state index contributed by atoms with van der Waals surface area (Å²) in [6.45, 7) is 3.27. The number of benzene rings is 2. The highest BCUT2D eigenvalue weighted by atomic mass is 19.1. The van der Waals surface area contributed by atoms with E-state index < -0.39 is 5.82 Å². The maximum absolute atomic E-state index is 13.8. The van der Waals surface area contributed by atoms with Crippen molar-refractivity contribution >= 4 is 0 Å². The van der Waals surface area contributed by atoms with Gasteiger partial charge in [0.1, 0.15) is 18.2 Å². The zero-order valence-corrected chi connectivity index (χ0v) is 12.4. The number of nitrogens with zero attached hydrogens (tertiary/aromatic N) is 1. The summed E-state index contributed by atoms with van der Waals surface area (Å²) in [5, 5.41) is 12.2. The molecule has 1 heterocycles. The number of hydrogen-bond donors (Lipinski definition) is 1. The predicted molar refractivity (Wildman–Crippen MR) is 82.0 cm³/mol. The Morgan fingerprint density at radius 3 is 2.95 bits per heavy atom. The molecule has 3 nitrogen and oxygen atoms in total. The van der Waals surface area contributed by atoms with Gasteiger partial charge in [-0.3, -0.25) is 0 Å². The fraction of sp³-hybridized carbons (Fsp3) is 0.278. The zero-order chi connectivity index (χ0) is 15.5. The van der Waals surface area contributed by atoms with Crippen LogP contribution < -0.4 is 10.1 Å². The van der Waals surface area contributed by atoms with Crippen LogP contribution in [0.25, 0.3) is 0 Å². The average molecular weight is 296 g/mol. The second kappa shape index (κ2) is 6.17. The molecule has 0 fully saturated rings. The number of rotatable bonds is 3. The van der Waals surface area contributed by atoms with E-state index in [1.165, 1.54) is 17.2 Å².